The third-order valence-electron chi connectivity index (χ3n) is 1.96. The van der Waals surface area contributed by atoms with Crippen molar-refractivity contribution in [3.63, 3.8) is 0 Å². The van der Waals surface area contributed by atoms with E-state index in [1.165, 1.54) is 0 Å². The molecule has 6 heteroatoms. The van der Waals surface area contributed by atoms with Crippen LogP contribution in [0.4, 0.5) is 0 Å². The zero-order valence-electron chi connectivity index (χ0n) is 6.37. The second-order valence-corrected chi connectivity index (χ2v) is 2.81. The molecular weight excluding hydrogens is 166 g/mol. The van der Waals surface area contributed by atoms with Crippen LogP contribution in [0.15, 0.2) is 0 Å². The van der Waals surface area contributed by atoms with Crippen molar-refractivity contribution in [3.8, 4) is 0 Å². The Labute approximate surface area is 69.2 Å². The van der Waals surface area contributed by atoms with Gasteiger partial charge in [0.05, 0.1) is 12.6 Å². The highest BCUT2D eigenvalue weighted by Crippen LogP contribution is 2.17. The lowest BCUT2D eigenvalue weighted by molar-refractivity contribution is -0.258. The molecule has 0 saturated carbocycles. The van der Waals surface area contributed by atoms with Gasteiger partial charge in [-0.05, 0) is 0 Å². The molecule has 0 aromatic rings. The van der Waals surface area contributed by atoms with Crippen molar-refractivity contribution >= 4 is 0 Å². The van der Waals surface area contributed by atoms with E-state index in [-0.39, 0.29) is 0 Å². The number of hydrogen-bond acceptors (Lipinski definition) is 6. The summed E-state index contributed by atoms with van der Waals surface area (Å²) in [4.78, 5) is 0. The molecule has 0 aromatic heterocycles. The van der Waals surface area contributed by atoms with Gasteiger partial charge in [-0.2, -0.15) is 0 Å². The van der Waals surface area contributed by atoms with Gasteiger partial charge in [-0.15, -0.1) is 0 Å². The number of aliphatic hydroxyl groups is 4. The highest BCUT2D eigenvalue weighted by Gasteiger charge is 2.41. The van der Waals surface area contributed by atoms with Gasteiger partial charge in [-0.25, -0.2) is 0 Å². The predicted octanol–water partition coefficient (Wildman–Crippen LogP) is -3.26. The van der Waals surface area contributed by atoms with E-state index in [4.69, 9.17) is 21.1 Å². The van der Waals surface area contributed by atoms with Crippen molar-refractivity contribution in [3.05, 3.63) is 0 Å². The van der Waals surface area contributed by atoms with Crippen molar-refractivity contribution in [2.24, 2.45) is 5.73 Å². The third-order valence-corrected chi connectivity index (χ3v) is 1.96. The summed E-state index contributed by atoms with van der Waals surface area (Å²) in [6.07, 6.45) is -4.85. The summed E-state index contributed by atoms with van der Waals surface area (Å²) in [5, 5.41) is 36.0. The van der Waals surface area contributed by atoms with Gasteiger partial charge < -0.3 is 30.9 Å². The lowest BCUT2D eigenvalue weighted by Crippen LogP contribution is -2.62. The lowest BCUT2D eigenvalue weighted by atomic mass is 9.97. The number of hydrogen-bond donors (Lipinski definition) is 5. The van der Waals surface area contributed by atoms with E-state index in [1.807, 2.05) is 0 Å². The molecule has 6 N–H and O–H groups in total. The van der Waals surface area contributed by atoms with E-state index >= 15 is 0 Å². The minimum atomic E-state index is -1.44. The summed E-state index contributed by atoms with van der Waals surface area (Å²) < 4.78 is 4.66. The van der Waals surface area contributed by atoms with Crippen LogP contribution < -0.4 is 5.73 Å². The summed E-state index contributed by atoms with van der Waals surface area (Å²) >= 11 is 0. The molecule has 1 saturated heterocycles. The van der Waals surface area contributed by atoms with Crippen LogP contribution in [-0.2, 0) is 4.74 Å². The van der Waals surface area contributed by atoms with E-state index in [0.29, 0.717) is 0 Å². The molecule has 1 rings (SSSR count). The Morgan fingerprint density at radius 1 is 1.17 bits per heavy atom. The van der Waals surface area contributed by atoms with Crippen molar-refractivity contribution in [2.75, 3.05) is 6.61 Å². The van der Waals surface area contributed by atoms with Crippen LogP contribution in [0.5, 0.6) is 0 Å². The fourth-order valence-electron chi connectivity index (χ4n) is 1.13. The van der Waals surface area contributed by atoms with Crippen LogP contribution in [0.3, 0.4) is 0 Å². The zero-order chi connectivity index (χ0) is 9.30. The number of rotatable bonds is 1. The first-order valence-corrected chi connectivity index (χ1v) is 3.64. The van der Waals surface area contributed by atoms with Gasteiger partial charge in [-0.1, -0.05) is 0 Å². The summed E-state index contributed by atoms with van der Waals surface area (Å²) in [5.74, 6) is 0. The molecule has 1 fully saturated rings. The van der Waals surface area contributed by atoms with E-state index < -0.39 is 37.3 Å². The van der Waals surface area contributed by atoms with Crippen molar-refractivity contribution in [1.82, 2.24) is 0 Å². The van der Waals surface area contributed by atoms with Gasteiger partial charge in [0.1, 0.15) is 18.3 Å². The zero-order valence-corrected chi connectivity index (χ0v) is 6.37. The van der Waals surface area contributed by atoms with E-state index in [1.54, 1.807) is 0 Å². The predicted molar refractivity (Wildman–Crippen MR) is 38.0 cm³/mol. The quantitative estimate of drug-likeness (QED) is 0.288. The fourth-order valence-corrected chi connectivity index (χ4v) is 1.13. The molecule has 0 aliphatic carbocycles. The van der Waals surface area contributed by atoms with Crippen LogP contribution in [0.1, 0.15) is 0 Å². The normalized spacial score (nSPS) is 49.2. The van der Waals surface area contributed by atoms with Crippen molar-refractivity contribution in [1.29, 1.82) is 0 Å². The van der Waals surface area contributed by atoms with Crippen molar-refractivity contribution in [2.45, 2.75) is 30.6 Å². The first-order valence-electron chi connectivity index (χ1n) is 3.64. The van der Waals surface area contributed by atoms with Crippen LogP contribution in [-0.4, -0.2) is 57.7 Å². The Morgan fingerprint density at radius 2 is 1.75 bits per heavy atom. The topological polar surface area (TPSA) is 116 Å². The molecule has 5 atom stereocenters. The molecule has 0 amide bonds. The summed E-state index contributed by atoms with van der Waals surface area (Å²) in [6.45, 7) is -0.446. The minimum absolute atomic E-state index is 0.446. The van der Waals surface area contributed by atoms with Crippen LogP contribution in [0.25, 0.3) is 0 Å². The Bertz CT molecular complexity index is 150. The van der Waals surface area contributed by atoms with Gasteiger partial charge in [0.2, 0.25) is 0 Å². The molecular formula is C6H13NO5. The molecule has 6 nitrogen and oxygen atoms in total. The van der Waals surface area contributed by atoms with Crippen molar-refractivity contribution < 1.29 is 25.2 Å². The molecule has 0 radical (unpaired) electrons. The maximum Gasteiger partial charge on any atom is 0.183 e. The number of ether oxygens (including phenoxy) is 1. The first-order chi connectivity index (χ1) is 5.57. The van der Waals surface area contributed by atoms with Gasteiger partial charge in [-0.3, -0.25) is 0 Å². The van der Waals surface area contributed by atoms with Crippen LogP contribution in [0.2, 0.25) is 0 Å². The lowest BCUT2D eigenvalue weighted by Gasteiger charge is -2.38. The van der Waals surface area contributed by atoms with Gasteiger partial charge in [0.15, 0.2) is 6.29 Å². The highest BCUT2D eigenvalue weighted by atomic mass is 16.6. The SMILES string of the molecule is NC1C(O)[C@H](O)OC(CO)[C@H]1O. The standard InChI is InChI=1S/C6H13NO5/c7-3-4(9)2(1-8)12-6(11)5(3)10/h2-6,8-11H,1,7H2/t2?,3?,4-,5?,6-/m1/s1. The number of nitrogens with two attached hydrogens (primary N) is 1. The Hall–Kier alpha value is -0.240. The molecule has 72 valence electrons. The molecule has 0 aromatic carbocycles. The Kier molecular flexibility index (Phi) is 2.99. The van der Waals surface area contributed by atoms with E-state index in [2.05, 4.69) is 4.74 Å². The number of aliphatic hydroxyl groups excluding tert-OH is 4. The second kappa shape index (κ2) is 3.65. The maximum atomic E-state index is 9.24. The fraction of sp³-hybridized carbons (Fsp3) is 1.00. The molecule has 12 heavy (non-hydrogen) atoms. The second-order valence-electron chi connectivity index (χ2n) is 2.81. The average molecular weight is 179 g/mol. The van der Waals surface area contributed by atoms with Gasteiger partial charge in [0.25, 0.3) is 0 Å². The summed E-state index contributed by atoms with van der Waals surface area (Å²) in [5.41, 5.74) is 5.33. The molecule has 1 aliphatic heterocycles. The minimum Gasteiger partial charge on any atom is -0.394 e. The monoisotopic (exact) mass is 179 g/mol. The molecule has 3 unspecified atom stereocenters. The van der Waals surface area contributed by atoms with Gasteiger partial charge >= 0.3 is 0 Å². The highest BCUT2D eigenvalue weighted by molar-refractivity contribution is 4.90. The average Bonchev–Trinajstić information content (AvgIpc) is 2.08. The molecule has 1 aliphatic rings. The summed E-state index contributed by atoms with van der Waals surface area (Å²) in [7, 11) is 0. The largest absolute Gasteiger partial charge is 0.394 e. The Morgan fingerprint density at radius 3 is 2.25 bits per heavy atom. The first kappa shape index (κ1) is 9.85. The van der Waals surface area contributed by atoms with Gasteiger partial charge in [0, 0.05) is 0 Å². The summed E-state index contributed by atoms with van der Waals surface area (Å²) in [6, 6.07) is -0.995. The Balaban J connectivity index is 2.63. The van der Waals surface area contributed by atoms with E-state index in [9.17, 15) is 5.11 Å². The van der Waals surface area contributed by atoms with Crippen LogP contribution in [0, 0.1) is 0 Å². The molecule has 1 heterocycles. The maximum absolute atomic E-state index is 9.24. The van der Waals surface area contributed by atoms with Crippen LogP contribution >= 0.6 is 0 Å². The smallest absolute Gasteiger partial charge is 0.183 e. The third kappa shape index (κ3) is 1.58. The molecule has 0 spiro atoms. The molecule has 0 bridgehead atoms. The van der Waals surface area contributed by atoms with E-state index in [0.717, 1.165) is 0 Å².